The van der Waals surface area contributed by atoms with E-state index in [4.69, 9.17) is 9.47 Å². The number of rotatable bonds is 6. The second-order valence-electron chi connectivity index (χ2n) is 8.06. The lowest BCUT2D eigenvalue weighted by molar-refractivity contribution is 0.407. The fraction of sp³-hybridized carbons (Fsp3) is 0.296. The zero-order valence-corrected chi connectivity index (χ0v) is 18.7. The summed E-state index contributed by atoms with van der Waals surface area (Å²) in [6, 6.07) is 19.4. The van der Waals surface area contributed by atoms with E-state index in [0.717, 1.165) is 48.6 Å². The van der Waals surface area contributed by atoms with E-state index in [2.05, 4.69) is 78.2 Å². The molecule has 0 unspecified atom stereocenters. The summed E-state index contributed by atoms with van der Waals surface area (Å²) in [5.41, 5.74) is 8.49. The van der Waals surface area contributed by atoms with Gasteiger partial charge in [0, 0.05) is 24.5 Å². The first-order chi connectivity index (χ1) is 15.2. The predicted octanol–water partition coefficient (Wildman–Crippen LogP) is 6.45. The molecule has 4 heteroatoms. The molecule has 0 fully saturated rings. The second-order valence-corrected chi connectivity index (χ2v) is 8.06. The van der Waals surface area contributed by atoms with E-state index in [-0.39, 0.29) is 0 Å². The average Bonchev–Trinajstić information content (AvgIpc) is 2.81. The van der Waals surface area contributed by atoms with Crippen LogP contribution in [0.15, 0.2) is 54.6 Å². The first kappa shape index (κ1) is 19.7. The smallest absolute Gasteiger partial charge is 0.0812 e. The van der Waals surface area contributed by atoms with Crippen LogP contribution in [0.2, 0.25) is 0 Å². The molecule has 160 valence electrons. The Bertz CT molecular complexity index is 1040. The fourth-order valence-electron chi connectivity index (χ4n) is 5.13. The summed E-state index contributed by atoms with van der Waals surface area (Å²) in [6.07, 6.45) is 2.13. The van der Waals surface area contributed by atoms with Gasteiger partial charge in [-0.1, -0.05) is 62.2 Å². The van der Waals surface area contributed by atoms with Crippen molar-refractivity contribution in [2.45, 2.75) is 26.7 Å². The Hall–Kier alpha value is -3.27. The largest absolute Gasteiger partial charge is 0.521 e. The number of hydrogen-bond donors (Lipinski definition) is 0. The number of anilines is 4. The Morgan fingerprint density at radius 3 is 1.39 bits per heavy atom. The third-order valence-corrected chi connectivity index (χ3v) is 6.28. The minimum Gasteiger partial charge on any atom is -0.521 e. The van der Waals surface area contributed by atoms with Crippen LogP contribution in [0.3, 0.4) is 0 Å². The molecular formula is C27H29N2O2-. The van der Waals surface area contributed by atoms with Crippen LogP contribution >= 0.6 is 0 Å². The zero-order valence-electron chi connectivity index (χ0n) is 18.7. The molecule has 0 spiro atoms. The van der Waals surface area contributed by atoms with Crippen molar-refractivity contribution in [1.82, 2.24) is 0 Å². The number of benzene rings is 3. The molecule has 0 aromatic heterocycles. The van der Waals surface area contributed by atoms with E-state index in [1.165, 1.54) is 34.2 Å². The topological polar surface area (TPSA) is 24.9 Å². The van der Waals surface area contributed by atoms with Crippen LogP contribution in [-0.2, 0) is 0 Å². The molecule has 0 bridgehead atoms. The molecule has 2 aliphatic heterocycles. The summed E-state index contributed by atoms with van der Waals surface area (Å²) in [5.74, 6) is 3.01. The monoisotopic (exact) mass is 413 g/mol. The van der Waals surface area contributed by atoms with Gasteiger partial charge in [-0.15, -0.1) is 0 Å². The van der Waals surface area contributed by atoms with E-state index in [9.17, 15) is 0 Å². The maximum absolute atomic E-state index is 5.91. The van der Waals surface area contributed by atoms with Crippen molar-refractivity contribution in [3.63, 3.8) is 0 Å². The average molecular weight is 414 g/mol. The second kappa shape index (κ2) is 7.77. The number of fused-ring (bicyclic) bond motifs is 4. The van der Waals surface area contributed by atoms with Gasteiger partial charge in [0.1, 0.15) is 0 Å². The SMILES string of the molecule is CCCN1c2cccc(OC)c2[C-]2c3c(OC)cccc3N(CCC)c3cccc1c32. The van der Waals surface area contributed by atoms with Crippen LogP contribution in [0.25, 0.3) is 0 Å². The van der Waals surface area contributed by atoms with Gasteiger partial charge in [-0.05, 0) is 53.0 Å². The van der Waals surface area contributed by atoms with Crippen LogP contribution in [0, 0.1) is 5.92 Å². The van der Waals surface area contributed by atoms with E-state index in [0.29, 0.717) is 0 Å². The molecule has 0 amide bonds. The minimum absolute atomic E-state index is 0.898. The van der Waals surface area contributed by atoms with Crippen molar-refractivity contribution in [1.29, 1.82) is 0 Å². The van der Waals surface area contributed by atoms with Gasteiger partial charge in [0.2, 0.25) is 0 Å². The van der Waals surface area contributed by atoms with Crippen LogP contribution in [0.4, 0.5) is 22.7 Å². The third kappa shape index (κ3) is 2.78. The van der Waals surface area contributed by atoms with Gasteiger partial charge >= 0.3 is 0 Å². The number of nitrogens with zero attached hydrogens (tertiary/aromatic N) is 2. The van der Waals surface area contributed by atoms with Gasteiger partial charge in [0.05, 0.1) is 25.7 Å². The molecule has 2 heterocycles. The summed E-state index contributed by atoms with van der Waals surface area (Å²) in [4.78, 5) is 4.90. The van der Waals surface area contributed by atoms with Crippen LogP contribution in [-0.4, -0.2) is 27.3 Å². The van der Waals surface area contributed by atoms with Crippen molar-refractivity contribution in [2.75, 3.05) is 37.1 Å². The molecule has 0 N–H and O–H groups in total. The quantitative estimate of drug-likeness (QED) is 0.434. The summed E-state index contributed by atoms with van der Waals surface area (Å²) in [7, 11) is 3.52. The van der Waals surface area contributed by atoms with Crippen LogP contribution in [0.5, 0.6) is 11.5 Å². The summed E-state index contributed by atoms with van der Waals surface area (Å²) < 4.78 is 11.8. The van der Waals surface area contributed by atoms with Gasteiger partial charge in [0.15, 0.2) is 0 Å². The van der Waals surface area contributed by atoms with E-state index >= 15 is 0 Å². The van der Waals surface area contributed by atoms with Crippen molar-refractivity contribution in [3.05, 3.63) is 77.2 Å². The molecule has 0 aliphatic carbocycles. The molecule has 3 aromatic carbocycles. The summed E-state index contributed by atoms with van der Waals surface area (Å²) in [5, 5.41) is 0. The molecule has 0 saturated heterocycles. The lowest BCUT2D eigenvalue weighted by atomic mass is 9.75. The van der Waals surface area contributed by atoms with Crippen molar-refractivity contribution in [2.24, 2.45) is 0 Å². The van der Waals surface area contributed by atoms with Crippen molar-refractivity contribution < 1.29 is 9.47 Å². The Balaban J connectivity index is 1.90. The molecular weight excluding hydrogens is 384 g/mol. The first-order valence-corrected chi connectivity index (χ1v) is 11.1. The Labute approximate surface area is 185 Å². The highest BCUT2D eigenvalue weighted by molar-refractivity contribution is 5.97. The maximum Gasteiger partial charge on any atom is 0.0812 e. The molecule has 2 aliphatic rings. The highest BCUT2D eigenvalue weighted by Crippen LogP contribution is 2.60. The van der Waals surface area contributed by atoms with E-state index in [1.54, 1.807) is 14.2 Å². The summed E-state index contributed by atoms with van der Waals surface area (Å²) >= 11 is 0. The Morgan fingerprint density at radius 2 is 1.00 bits per heavy atom. The van der Waals surface area contributed by atoms with Crippen LogP contribution < -0.4 is 19.3 Å². The minimum atomic E-state index is 0.898. The third-order valence-electron chi connectivity index (χ3n) is 6.28. The molecule has 0 radical (unpaired) electrons. The first-order valence-electron chi connectivity index (χ1n) is 11.1. The van der Waals surface area contributed by atoms with Gasteiger partial charge in [-0.3, -0.25) is 0 Å². The van der Waals surface area contributed by atoms with E-state index < -0.39 is 0 Å². The van der Waals surface area contributed by atoms with Gasteiger partial charge in [0.25, 0.3) is 0 Å². The van der Waals surface area contributed by atoms with E-state index in [1.807, 2.05) is 0 Å². The number of methoxy groups -OCH3 is 2. The number of hydrogen-bond acceptors (Lipinski definition) is 4. The Morgan fingerprint density at radius 1 is 0.613 bits per heavy atom. The van der Waals surface area contributed by atoms with Crippen molar-refractivity contribution >= 4 is 22.7 Å². The van der Waals surface area contributed by atoms with Crippen molar-refractivity contribution in [3.8, 4) is 11.5 Å². The number of ether oxygens (including phenoxy) is 2. The predicted molar refractivity (Wildman–Crippen MR) is 128 cm³/mol. The molecule has 3 aromatic rings. The van der Waals surface area contributed by atoms with Gasteiger partial charge in [-0.25, -0.2) is 0 Å². The zero-order chi connectivity index (χ0) is 21.5. The lowest BCUT2D eigenvalue weighted by Crippen LogP contribution is -2.34. The van der Waals surface area contributed by atoms with Gasteiger partial charge in [-0.2, -0.15) is 0 Å². The normalized spacial score (nSPS) is 13.5. The summed E-state index contributed by atoms with van der Waals surface area (Å²) in [6.45, 7) is 6.37. The van der Waals surface area contributed by atoms with Gasteiger partial charge < -0.3 is 19.3 Å². The molecule has 4 nitrogen and oxygen atoms in total. The Kier molecular flexibility index (Phi) is 4.93. The molecule has 0 atom stereocenters. The molecule has 5 rings (SSSR count). The highest BCUT2D eigenvalue weighted by Gasteiger charge is 2.36. The van der Waals surface area contributed by atoms with Crippen LogP contribution in [0.1, 0.15) is 43.4 Å². The standard InChI is InChI=1S/C27H29N2O2/c1-5-16-28-18-10-7-11-19-24(18)27(25-20(28)12-8-14-22(25)30-3)26-21(29(19)17-6-2)13-9-15-23(26)31-4/h7-15H,5-6,16-17H2,1-4H3/q-1. The molecule has 31 heavy (non-hydrogen) atoms. The maximum atomic E-state index is 5.91. The highest BCUT2D eigenvalue weighted by atomic mass is 16.5. The molecule has 0 saturated carbocycles. The fourth-order valence-corrected chi connectivity index (χ4v) is 5.13. The lowest BCUT2D eigenvalue weighted by Gasteiger charge is -2.50.